The van der Waals surface area contributed by atoms with Crippen molar-refractivity contribution in [1.29, 1.82) is 0 Å². The van der Waals surface area contributed by atoms with Crippen molar-refractivity contribution in [3.63, 3.8) is 0 Å². The number of carbonyl (C=O) groups is 4. The van der Waals surface area contributed by atoms with Gasteiger partial charge < -0.3 is 33.2 Å². The molecule has 0 bridgehead atoms. The van der Waals surface area contributed by atoms with Gasteiger partial charge in [-0.05, 0) is 50.3 Å². The van der Waals surface area contributed by atoms with Crippen LogP contribution < -0.4 is 0 Å². The first-order valence-electron chi connectivity index (χ1n) is 17.3. The number of epoxide rings is 1. The maximum absolute atomic E-state index is 13.9. The normalized spacial score (nSPS) is 45.3. The quantitative estimate of drug-likeness (QED) is 0.263. The largest absolute Gasteiger partial charge is 0.472 e. The Balaban J connectivity index is 1.38. The summed E-state index contributed by atoms with van der Waals surface area (Å²) in [5.74, 6) is -5.95. The number of fused-ring (bicyclic) bond motifs is 1. The van der Waals surface area contributed by atoms with Crippen molar-refractivity contribution in [1.82, 2.24) is 0 Å². The minimum atomic E-state index is -2.22. The highest BCUT2D eigenvalue weighted by atomic mass is 16.7. The number of Topliss-reactive ketones (excluding diaryl/α,β-unsaturated/α-hetero) is 1. The molecule has 11 nitrogen and oxygen atoms in total. The highest BCUT2D eigenvalue weighted by Gasteiger charge is 2.95. The van der Waals surface area contributed by atoms with Gasteiger partial charge in [0, 0.05) is 54.3 Å². The van der Waals surface area contributed by atoms with Gasteiger partial charge >= 0.3 is 17.9 Å². The van der Waals surface area contributed by atoms with Crippen LogP contribution in [0.15, 0.2) is 53.3 Å². The summed E-state index contributed by atoms with van der Waals surface area (Å²) < 4.78 is 38.1. The Bertz CT molecular complexity index is 1720. The summed E-state index contributed by atoms with van der Waals surface area (Å²) in [5, 5.41) is 12.6. The molecule has 1 unspecified atom stereocenters. The van der Waals surface area contributed by atoms with Gasteiger partial charge in [-0.15, -0.1) is 0 Å². The Morgan fingerprint density at radius 2 is 1.65 bits per heavy atom. The molecule has 6 fully saturated rings. The maximum Gasteiger partial charge on any atom is 0.310 e. The molecule has 6 aliphatic rings. The van der Waals surface area contributed by atoms with Gasteiger partial charge in [0.1, 0.15) is 23.9 Å². The number of benzene rings is 1. The van der Waals surface area contributed by atoms with E-state index in [4.69, 9.17) is 28.1 Å². The summed E-state index contributed by atoms with van der Waals surface area (Å²) in [5.41, 5.74) is -3.92. The molecule has 3 heterocycles. The Hall–Kier alpha value is -3.54. The molecule has 2 saturated heterocycles. The number of furan rings is 1. The summed E-state index contributed by atoms with van der Waals surface area (Å²) in [7, 11) is 0. The van der Waals surface area contributed by atoms with Gasteiger partial charge in [0.2, 0.25) is 5.79 Å². The number of carbonyl (C=O) groups excluding carboxylic acids is 4. The number of aliphatic hydroxyl groups is 1. The zero-order valence-corrected chi connectivity index (χ0v) is 28.7. The van der Waals surface area contributed by atoms with E-state index in [-0.39, 0.29) is 37.7 Å². The summed E-state index contributed by atoms with van der Waals surface area (Å²) in [6, 6.07) is 11.2. The van der Waals surface area contributed by atoms with Gasteiger partial charge in [0.05, 0.1) is 30.7 Å². The van der Waals surface area contributed by atoms with Crippen LogP contribution in [0.2, 0.25) is 0 Å². The zero-order chi connectivity index (χ0) is 34.9. The van der Waals surface area contributed by atoms with Crippen molar-refractivity contribution in [3.05, 3.63) is 60.1 Å². The lowest BCUT2D eigenvalue weighted by Crippen LogP contribution is -2.79. The second kappa shape index (κ2) is 10.3. The molecule has 2 aliphatic heterocycles. The van der Waals surface area contributed by atoms with Crippen LogP contribution >= 0.6 is 0 Å². The molecule has 49 heavy (non-hydrogen) atoms. The number of hydrogen-bond donors (Lipinski definition) is 1. The molecule has 4 saturated carbocycles. The predicted octanol–water partition coefficient (Wildman–Crippen LogP) is 4.43. The van der Waals surface area contributed by atoms with E-state index in [0.29, 0.717) is 6.42 Å². The minimum absolute atomic E-state index is 0.0336. The van der Waals surface area contributed by atoms with E-state index in [1.165, 1.54) is 13.8 Å². The highest BCUT2D eigenvalue weighted by molar-refractivity contribution is 5.90. The number of hydrogen-bond acceptors (Lipinski definition) is 11. The van der Waals surface area contributed by atoms with Crippen molar-refractivity contribution in [3.8, 4) is 0 Å². The van der Waals surface area contributed by atoms with E-state index in [0.717, 1.165) is 11.1 Å². The minimum Gasteiger partial charge on any atom is -0.472 e. The molecule has 11 heteroatoms. The van der Waals surface area contributed by atoms with E-state index in [9.17, 15) is 24.3 Å². The smallest absolute Gasteiger partial charge is 0.310 e. The average Bonchev–Trinajstić information content (AvgIpc) is 3.22. The van der Waals surface area contributed by atoms with Gasteiger partial charge in [-0.2, -0.15) is 0 Å². The Morgan fingerprint density at radius 3 is 2.31 bits per heavy atom. The van der Waals surface area contributed by atoms with Crippen LogP contribution in [-0.2, 0) is 49.3 Å². The van der Waals surface area contributed by atoms with Gasteiger partial charge in [0.25, 0.3) is 0 Å². The second-order valence-corrected chi connectivity index (χ2v) is 16.1. The van der Waals surface area contributed by atoms with Crippen LogP contribution in [0.4, 0.5) is 0 Å². The first kappa shape index (κ1) is 32.7. The number of rotatable bonds is 6. The fourth-order valence-electron chi connectivity index (χ4n) is 12.3. The molecule has 2 aromatic rings. The third kappa shape index (κ3) is 3.89. The van der Waals surface area contributed by atoms with Gasteiger partial charge in [-0.25, -0.2) is 0 Å². The summed E-state index contributed by atoms with van der Waals surface area (Å²) >= 11 is 0. The molecule has 0 radical (unpaired) electrons. The number of esters is 3. The fraction of sp³-hybridized carbons (Fsp3) is 0.632. The lowest BCUT2D eigenvalue weighted by Gasteiger charge is -2.68. The molecule has 4 aliphatic carbocycles. The van der Waals surface area contributed by atoms with Crippen LogP contribution in [0.3, 0.4) is 0 Å². The molecule has 0 amide bonds. The lowest BCUT2D eigenvalue weighted by atomic mass is 9.36. The Labute approximate surface area is 284 Å². The SMILES string of the molecule is CC(=O)O[C@@H]1C2[C@@](C)([C@H](OC(=O)Cc3ccccc3)C[C@H]3C(C)(C)O[C@]4(O)C(=O)CC[C@]234)[C@@]23O[C@@H]2C[C@@H](c2ccoc2)[C@]3(C)[C@H]1OC(C)=O. The van der Waals surface area contributed by atoms with Gasteiger partial charge in [0.15, 0.2) is 5.78 Å². The van der Waals surface area contributed by atoms with Crippen LogP contribution in [0.25, 0.3) is 0 Å². The van der Waals surface area contributed by atoms with Crippen LogP contribution in [0, 0.1) is 28.1 Å². The maximum atomic E-state index is 13.9. The van der Waals surface area contributed by atoms with Crippen molar-refractivity contribution in [2.45, 2.75) is 121 Å². The molecular formula is C38H44O11. The van der Waals surface area contributed by atoms with Crippen LogP contribution in [0.1, 0.15) is 84.3 Å². The molecule has 1 aromatic heterocycles. The highest BCUT2D eigenvalue weighted by Crippen LogP contribution is 2.85. The van der Waals surface area contributed by atoms with E-state index >= 15 is 0 Å². The first-order valence-corrected chi connectivity index (χ1v) is 17.3. The number of ether oxygens (including phenoxy) is 5. The molecule has 1 aromatic carbocycles. The molecule has 2 spiro atoms. The van der Waals surface area contributed by atoms with Gasteiger partial charge in [-0.3, -0.25) is 19.2 Å². The monoisotopic (exact) mass is 676 g/mol. The molecule has 1 N–H and O–H groups in total. The fourth-order valence-corrected chi connectivity index (χ4v) is 12.3. The predicted molar refractivity (Wildman–Crippen MR) is 169 cm³/mol. The third-order valence-electron chi connectivity index (χ3n) is 13.7. The summed E-state index contributed by atoms with van der Waals surface area (Å²) in [6.45, 7) is 10.3. The zero-order valence-electron chi connectivity index (χ0n) is 28.7. The topological polar surface area (TPSA) is 151 Å². The molecule has 12 atom stereocenters. The Kier molecular flexibility index (Phi) is 6.84. The average molecular weight is 677 g/mol. The van der Waals surface area contributed by atoms with Crippen molar-refractivity contribution in [2.75, 3.05) is 0 Å². The molecule has 262 valence electrons. The van der Waals surface area contributed by atoms with E-state index in [1.807, 2.05) is 64.1 Å². The van der Waals surface area contributed by atoms with Crippen molar-refractivity contribution >= 4 is 23.7 Å². The second-order valence-electron chi connectivity index (χ2n) is 16.1. The molecule has 8 rings (SSSR count). The summed E-state index contributed by atoms with van der Waals surface area (Å²) in [4.78, 5) is 54.0. The van der Waals surface area contributed by atoms with Crippen LogP contribution in [-0.4, -0.2) is 70.2 Å². The van der Waals surface area contributed by atoms with Crippen molar-refractivity contribution in [2.24, 2.45) is 28.1 Å². The standard InChI is InChI=1S/C38H44O11/c1-20(39)45-30-31-35(6,37-28(48-37)17-24(23-13-15-44-19-23)34(37,5)32(30)46-21(2)40)27(47-29(42)16-22-10-8-7-9-11-22)18-25-33(3,4)49-38(43)26(41)12-14-36(25,31)38/h7-11,13,15,19,24-25,27-28,30-32,43H,12,14,16-18H2,1-6H3/t24-,25-,27+,28+,30+,31?,32-,34+,35+,36+,37+,38+/m0/s1. The third-order valence-corrected chi connectivity index (χ3v) is 13.7. The van der Waals surface area contributed by atoms with Crippen molar-refractivity contribution < 1.29 is 52.4 Å². The van der Waals surface area contributed by atoms with E-state index < -0.39 is 87.1 Å². The Morgan fingerprint density at radius 1 is 0.939 bits per heavy atom. The number of ketones is 1. The molecular weight excluding hydrogens is 632 g/mol. The van der Waals surface area contributed by atoms with Gasteiger partial charge in [-0.1, -0.05) is 44.2 Å². The summed E-state index contributed by atoms with van der Waals surface area (Å²) in [6.07, 6.45) is 1.01. The van der Waals surface area contributed by atoms with E-state index in [2.05, 4.69) is 0 Å². The van der Waals surface area contributed by atoms with E-state index in [1.54, 1.807) is 12.5 Å². The van der Waals surface area contributed by atoms with Crippen LogP contribution in [0.5, 0.6) is 0 Å². The first-order chi connectivity index (χ1) is 23.1. The lowest BCUT2D eigenvalue weighted by molar-refractivity contribution is -0.321.